The Labute approximate surface area is 179 Å². The molecule has 2 aromatic carbocycles. The lowest BCUT2D eigenvalue weighted by Gasteiger charge is -2.34. The molecule has 0 unspecified atom stereocenters. The van der Waals surface area contributed by atoms with Crippen molar-refractivity contribution in [1.82, 2.24) is 9.80 Å². The molecule has 0 N–H and O–H groups in total. The lowest BCUT2D eigenvalue weighted by molar-refractivity contribution is 0.0592. The van der Waals surface area contributed by atoms with Crippen LogP contribution in [0.2, 0.25) is 0 Å². The number of carbonyl (C=O) groups excluding carboxylic acids is 1. The number of halogens is 2. The predicted molar refractivity (Wildman–Crippen MR) is 112 cm³/mol. The molecule has 7 heteroatoms. The maximum Gasteiger partial charge on any atom is 0.289 e. The molecule has 31 heavy (non-hydrogen) atoms. The summed E-state index contributed by atoms with van der Waals surface area (Å²) in [5.41, 5.74) is 1.35. The molecular formula is C24H24F2N2O3. The van der Waals surface area contributed by atoms with E-state index in [1.807, 2.05) is 36.1 Å². The maximum absolute atomic E-state index is 13.9. The lowest BCUT2D eigenvalue weighted by atomic mass is 10.1. The molecule has 0 radical (unpaired) electrons. The Morgan fingerprint density at radius 1 is 1.00 bits per heavy atom. The summed E-state index contributed by atoms with van der Waals surface area (Å²) >= 11 is 0. The van der Waals surface area contributed by atoms with Gasteiger partial charge in [-0.1, -0.05) is 30.3 Å². The SMILES string of the molecule is Cc1ccccc1OCc1ccc(C(=O)N2CCN(Cc3cccc(F)c3F)CC2)o1. The van der Waals surface area contributed by atoms with Gasteiger partial charge >= 0.3 is 0 Å². The van der Waals surface area contributed by atoms with Crippen LogP contribution in [-0.4, -0.2) is 41.9 Å². The number of hydrogen-bond donors (Lipinski definition) is 0. The van der Waals surface area contributed by atoms with Gasteiger partial charge in [-0.05, 0) is 36.8 Å². The highest BCUT2D eigenvalue weighted by atomic mass is 19.2. The van der Waals surface area contributed by atoms with Gasteiger partial charge in [0.15, 0.2) is 17.4 Å². The summed E-state index contributed by atoms with van der Waals surface area (Å²) in [6, 6.07) is 15.3. The highest BCUT2D eigenvalue weighted by molar-refractivity contribution is 5.91. The number of piperazine rings is 1. The first-order valence-corrected chi connectivity index (χ1v) is 10.2. The molecule has 3 aromatic rings. The molecular weight excluding hydrogens is 402 g/mol. The molecule has 1 aliphatic rings. The van der Waals surface area contributed by atoms with Gasteiger partial charge in [0.1, 0.15) is 18.1 Å². The average Bonchev–Trinajstić information content (AvgIpc) is 3.25. The summed E-state index contributed by atoms with van der Waals surface area (Å²) in [6.07, 6.45) is 0. The van der Waals surface area contributed by atoms with Crippen molar-refractivity contribution in [3.8, 4) is 5.75 Å². The average molecular weight is 426 g/mol. The summed E-state index contributed by atoms with van der Waals surface area (Å²) < 4.78 is 38.7. The first-order valence-electron chi connectivity index (χ1n) is 10.2. The monoisotopic (exact) mass is 426 g/mol. The first kappa shape index (κ1) is 21.1. The molecule has 0 aliphatic carbocycles. The van der Waals surface area contributed by atoms with Gasteiger partial charge in [0.05, 0.1) is 0 Å². The number of carbonyl (C=O) groups is 1. The van der Waals surface area contributed by atoms with Gasteiger partial charge in [-0.3, -0.25) is 9.69 Å². The molecule has 0 atom stereocenters. The third kappa shape index (κ3) is 4.94. The van der Waals surface area contributed by atoms with Crippen molar-refractivity contribution in [2.45, 2.75) is 20.1 Å². The largest absolute Gasteiger partial charge is 0.485 e. The molecule has 0 spiro atoms. The Balaban J connectivity index is 1.30. The number of nitrogens with zero attached hydrogens (tertiary/aromatic N) is 2. The molecule has 4 rings (SSSR count). The van der Waals surface area contributed by atoms with Crippen LogP contribution in [0, 0.1) is 18.6 Å². The van der Waals surface area contributed by atoms with Crippen LogP contribution in [0.1, 0.15) is 27.4 Å². The first-order chi connectivity index (χ1) is 15.0. The van der Waals surface area contributed by atoms with E-state index in [1.165, 1.54) is 6.07 Å². The Morgan fingerprint density at radius 2 is 1.77 bits per heavy atom. The van der Waals surface area contributed by atoms with E-state index in [1.54, 1.807) is 23.1 Å². The second-order valence-corrected chi connectivity index (χ2v) is 7.60. The molecule has 1 fully saturated rings. The lowest BCUT2D eigenvalue weighted by Crippen LogP contribution is -2.48. The molecule has 0 saturated carbocycles. The van der Waals surface area contributed by atoms with Crippen LogP contribution >= 0.6 is 0 Å². The fourth-order valence-corrected chi connectivity index (χ4v) is 3.61. The van der Waals surface area contributed by atoms with Crippen molar-refractivity contribution in [3.63, 3.8) is 0 Å². The quantitative estimate of drug-likeness (QED) is 0.586. The van der Waals surface area contributed by atoms with Crippen molar-refractivity contribution in [2.24, 2.45) is 0 Å². The number of ether oxygens (including phenoxy) is 1. The molecule has 2 heterocycles. The van der Waals surface area contributed by atoms with Gasteiger partial charge in [-0.15, -0.1) is 0 Å². The van der Waals surface area contributed by atoms with Gasteiger partial charge < -0.3 is 14.1 Å². The molecule has 162 valence electrons. The fraction of sp³-hybridized carbons (Fsp3) is 0.292. The van der Waals surface area contributed by atoms with Crippen molar-refractivity contribution in [1.29, 1.82) is 0 Å². The van der Waals surface area contributed by atoms with Gasteiger partial charge in [-0.2, -0.15) is 0 Å². The third-order valence-corrected chi connectivity index (χ3v) is 5.42. The molecule has 1 saturated heterocycles. The second kappa shape index (κ2) is 9.31. The summed E-state index contributed by atoms with van der Waals surface area (Å²) in [5, 5.41) is 0. The van der Waals surface area contributed by atoms with Crippen LogP contribution in [0.3, 0.4) is 0 Å². The number of aryl methyl sites for hydroxylation is 1. The van der Waals surface area contributed by atoms with Crippen molar-refractivity contribution >= 4 is 5.91 Å². The number of benzene rings is 2. The van der Waals surface area contributed by atoms with Crippen LogP contribution in [0.4, 0.5) is 8.78 Å². The summed E-state index contributed by atoms with van der Waals surface area (Å²) in [7, 11) is 0. The highest BCUT2D eigenvalue weighted by Gasteiger charge is 2.25. The number of hydrogen-bond acceptors (Lipinski definition) is 4. The Bertz CT molecular complexity index is 1060. The van der Waals surface area contributed by atoms with Crippen LogP contribution in [-0.2, 0) is 13.2 Å². The predicted octanol–water partition coefficient (Wildman–Crippen LogP) is 4.40. The van der Waals surface area contributed by atoms with Gasteiger partial charge in [-0.25, -0.2) is 8.78 Å². The molecule has 1 aromatic heterocycles. The minimum absolute atomic E-state index is 0.182. The van der Waals surface area contributed by atoms with E-state index >= 15 is 0 Å². The summed E-state index contributed by atoms with van der Waals surface area (Å²) in [6.45, 7) is 4.65. The van der Waals surface area contributed by atoms with Crippen LogP contribution in [0.25, 0.3) is 0 Å². The van der Waals surface area contributed by atoms with Crippen molar-refractivity contribution < 1.29 is 22.7 Å². The molecule has 1 amide bonds. The fourth-order valence-electron chi connectivity index (χ4n) is 3.61. The van der Waals surface area contributed by atoms with E-state index < -0.39 is 11.6 Å². The molecule has 5 nitrogen and oxygen atoms in total. The van der Waals surface area contributed by atoms with Crippen LogP contribution in [0.5, 0.6) is 5.75 Å². The Hall–Kier alpha value is -3.19. The number of para-hydroxylation sites is 1. The van der Waals surface area contributed by atoms with E-state index in [0.717, 1.165) is 17.4 Å². The highest BCUT2D eigenvalue weighted by Crippen LogP contribution is 2.20. The molecule has 0 bridgehead atoms. The zero-order chi connectivity index (χ0) is 21.8. The Morgan fingerprint density at radius 3 is 2.55 bits per heavy atom. The van der Waals surface area contributed by atoms with E-state index in [4.69, 9.17) is 9.15 Å². The summed E-state index contributed by atoms with van der Waals surface area (Å²) in [5.74, 6) is -0.209. The van der Waals surface area contributed by atoms with E-state index in [-0.39, 0.29) is 18.3 Å². The third-order valence-electron chi connectivity index (χ3n) is 5.42. The van der Waals surface area contributed by atoms with E-state index in [0.29, 0.717) is 44.0 Å². The van der Waals surface area contributed by atoms with Crippen molar-refractivity contribution in [2.75, 3.05) is 26.2 Å². The normalized spacial score (nSPS) is 14.6. The Kier molecular flexibility index (Phi) is 6.32. The van der Waals surface area contributed by atoms with Crippen LogP contribution in [0.15, 0.2) is 59.0 Å². The minimum Gasteiger partial charge on any atom is -0.485 e. The van der Waals surface area contributed by atoms with E-state index in [2.05, 4.69) is 0 Å². The zero-order valence-electron chi connectivity index (χ0n) is 17.3. The topological polar surface area (TPSA) is 45.9 Å². The summed E-state index contributed by atoms with van der Waals surface area (Å²) in [4.78, 5) is 16.5. The zero-order valence-corrected chi connectivity index (χ0v) is 17.3. The second-order valence-electron chi connectivity index (χ2n) is 7.60. The molecule has 1 aliphatic heterocycles. The number of rotatable bonds is 6. The van der Waals surface area contributed by atoms with Gasteiger partial charge in [0.25, 0.3) is 5.91 Å². The standard InChI is InChI=1S/C24H24F2N2O3/c1-17-5-2-3-8-21(17)30-16-19-9-10-22(31-19)24(29)28-13-11-27(12-14-28)15-18-6-4-7-20(25)23(18)26/h2-10H,11-16H2,1H3. The van der Waals surface area contributed by atoms with Crippen molar-refractivity contribution in [3.05, 3.63) is 88.9 Å². The number of furan rings is 1. The maximum atomic E-state index is 13.9. The van der Waals surface area contributed by atoms with Gasteiger partial charge in [0.2, 0.25) is 0 Å². The van der Waals surface area contributed by atoms with Crippen LogP contribution < -0.4 is 4.74 Å². The van der Waals surface area contributed by atoms with Gasteiger partial charge in [0, 0.05) is 38.3 Å². The number of amides is 1. The van der Waals surface area contributed by atoms with E-state index in [9.17, 15) is 13.6 Å². The minimum atomic E-state index is -0.841. The smallest absolute Gasteiger partial charge is 0.289 e.